The first-order valence-electron chi connectivity index (χ1n) is 8.71. The van der Waals surface area contributed by atoms with E-state index in [1.807, 2.05) is 4.90 Å². The molecule has 1 atom stereocenters. The fourth-order valence-electron chi connectivity index (χ4n) is 3.39. The Labute approximate surface area is 139 Å². The van der Waals surface area contributed by atoms with Gasteiger partial charge in [0, 0.05) is 58.4 Å². The van der Waals surface area contributed by atoms with Crippen molar-refractivity contribution >= 4 is 5.91 Å². The lowest BCUT2D eigenvalue weighted by Crippen LogP contribution is -2.55. The Hall–Kier alpha value is -1.43. The average molecular weight is 316 g/mol. The van der Waals surface area contributed by atoms with Gasteiger partial charge in [-0.15, -0.1) is 0 Å². The second-order valence-corrected chi connectivity index (χ2v) is 6.67. The molecule has 2 heterocycles. The second-order valence-electron chi connectivity index (χ2n) is 6.67. The van der Waals surface area contributed by atoms with Crippen molar-refractivity contribution < 1.29 is 4.79 Å². The zero-order valence-corrected chi connectivity index (χ0v) is 14.1. The van der Waals surface area contributed by atoms with E-state index in [1.165, 1.54) is 5.56 Å². The quantitative estimate of drug-likeness (QED) is 0.884. The molecule has 5 nitrogen and oxygen atoms in total. The smallest absolute Gasteiger partial charge is 0.236 e. The molecule has 0 unspecified atom stereocenters. The Bertz CT molecular complexity index is 499. The van der Waals surface area contributed by atoms with Crippen LogP contribution in [0.15, 0.2) is 30.3 Å². The van der Waals surface area contributed by atoms with E-state index in [2.05, 4.69) is 52.4 Å². The lowest BCUT2D eigenvalue weighted by Gasteiger charge is -2.38. The summed E-state index contributed by atoms with van der Waals surface area (Å²) in [6.45, 7) is 10.3. The summed E-state index contributed by atoms with van der Waals surface area (Å²) in [7, 11) is 0. The van der Waals surface area contributed by atoms with E-state index in [0.29, 0.717) is 12.6 Å². The van der Waals surface area contributed by atoms with Gasteiger partial charge in [0.1, 0.15) is 0 Å². The number of carbonyl (C=O) groups excluding carboxylic acids is 1. The van der Waals surface area contributed by atoms with Crippen molar-refractivity contribution in [1.82, 2.24) is 20.0 Å². The highest BCUT2D eigenvalue weighted by atomic mass is 16.2. The Morgan fingerprint density at radius 3 is 2.57 bits per heavy atom. The molecule has 0 radical (unpaired) electrons. The largest absolute Gasteiger partial charge is 0.339 e. The first kappa shape index (κ1) is 16.4. The van der Waals surface area contributed by atoms with Crippen molar-refractivity contribution in [1.29, 1.82) is 0 Å². The summed E-state index contributed by atoms with van der Waals surface area (Å²) in [4.78, 5) is 19.3. The number of carbonyl (C=O) groups is 1. The van der Waals surface area contributed by atoms with E-state index in [1.54, 1.807) is 0 Å². The van der Waals surface area contributed by atoms with Gasteiger partial charge in [0.25, 0.3) is 0 Å². The number of amides is 1. The molecule has 2 saturated heterocycles. The van der Waals surface area contributed by atoms with Crippen molar-refractivity contribution in [2.45, 2.75) is 19.5 Å². The van der Waals surface area contributed by atoms with Crippen LogP contribution in [0.25, 0.3) is 0 Å². The molecule has 2 fully saturated rings. The van der Waals surface area contributed by atoms with E-state index < -0.39 is 0 Å². The normalized spacial score (nSPS) is 23.9. The molecule has 5 heteroatoms. The van der Waals surface area contributed by atoms with Gasteiger partial charge in [0.15, 0.2) is 0 Å². The first-order chi connectivity index (χ1) is 11.2. The summed E-state index contributed by atoms with van der Waals surface area (Å²) < 4.78 is 0. The van der Waals surface area contributed by atoms with E-state index in [4.69, 9.17) is 0 Å². The Morgan fingerprint density at radius 2 is 1.87 bits per heavy atom. The number of hydrogen-bond acceptors (Lipinski definition) is 4. The van der Waals surface area contributed by atoms with E-state index in [-0.39, 0.29) is 5.91 Å². The number of benzene rings is 1. The van der Waals surface area contributed by atoms with Crippen molar-refractivity contribution in [2.75, 3.05) is 52.4 Å². The minimum absolute atomic E-state index is 0.290. The Balaban J connectivity index is 1.44. The summed E-state index contributed by atoms with van der Waals surface area (Å²) >= 11 is 0. The van der Waals surface area contributed by atoms with Crippen LogP contribution in [0.3, 0.4) is 0 Å². The van der Waals surface area contributed by atoms with Gasteiger partial charge in [0.2, 0.25) is 5.91 Å². The van der Waals surface area contributed by atoms with Gasteiger partial charge in [-0.25, -0.2) is 0 Å². The highest BCUT2D eigenvalue weighted by molar-refractivity contribution is 5.78. The Kier molecular flexibility index (Phi) is 5.65. The van der Waals surface area contributed by atoms with Crippen LogP contribution in [0.5, 0.6) is 0 Å². The van der Waals surface area contributed by atoms with Crippen molar-refractivity contribution in [3.05, 3.63) is 35.9 Å². The molecule has 0 spiro atoms. The molecule has 2 aliphatic heterocycles. The maximum absolute atomic E-state index is 12.5. The highest BCUT2D eigenvalue weighted by Gasteiger charge is 2.25. The van der Waals surface area contributed by atoms with Crippen LogP contribution in [0.2, 0.25) is 0 Å². The third-order valence-electron chi connectivity index (χ3n) is 4.95. The zero-order chi connectivity index (χ0) is 16.1. The van der Waals surface area contributed by atoms with Gasteiger partial charge in [0.05, 0.1) is 6.54 Å². The molecule has 126 valence electrons. The van der Waals surface area contributed by atoms with Gasteiger partial charge in [-0.3, -0.25) is 14.6 Å². The lowest BCUT2D eigenvalue weighted by atomic mass is 10.2. The molecule has 1 aromatic carbocycles. The maximum atomic E-state index is 12.5. The summed E-state index contributed by atoms with van der Waals surface area (Å²) in [5.41, 5.74) is 1.35. The number of rotatable bonds is 4. The van der Waals surface area contributed by atoms with Gasteiger partial charge in [-0.1, -0.05) is 30.3 Å². The predicted molar refractivity (Wildman–Crippen MR) is 92.2 cm³/mol. The third kappa shape index (κ3) is 4.53. The molecule has 1 amide bonds. The summed E-state index contributed by atoms with van der Waals surface area (Å²) in [5, 5.41) is 3.37. The molecule has 0 aliphatic carbocycles. The fourth-order valence-corrected chi connectivity index (χ4v) is 3.39. The SMILES string of the molecule is C[C@@H]1CNCCN1CC(=O)N1CCN(Cc2ccccc2)CC1. The monoisotopic (exact) mass is 316 g/mol. The molecule has 23 heavy (non-hydrogen) atoms. The van der Waals surface area contributed by atoms with Crippen LogP contribution in [0, 0.1) is 0 Å². The van der Waals surface area contributed by atoms with Crippen LogP contribution in [-0.2, 0) is 11.3 Å². The molecule has 0 saturated carbocycles. The maximum Gasteiger partial charge on any atom is 0.236 e. The predicted octanol–water partition coefficient (Wildman–Crippen LogP) is 0.625. The van der Waals surface area contributed by atoms with Crippen molar-refractivity contribution in [3.8, 4) is 0 Å². The molecular weight excluding hydrogens is 288 g/mol. The van der Waals surface area contributed by atoms with Crippen LogP contribution in [-0.4, -0.2) is 79.0 Å². The summed E-state index contributed by atoms with van der Waals surface area (Å²) in [6, 6.07) is 11.0. The second kappa shape index (κ2) is 7.90. The standard InChI is InChI=1S/C18H28N4O/c1-16-13-19-7-8-22(16)15-18(23)21-11-9-20(10-12-21)14-17-5-3-2-4-6-17/h2-6,16,19H,7-15H2,1H3/t16-/m1/s1. The van der Waals surface area contributed by atoms with E-state index >= 15 is 0 Å². The minimum Gasteiger partial charge on any atom is -0.339 e. The number of hydrogen-bond donors (Lipinski definition) is 1. The van der Waals surface area contributed by atoms with Gasteiger partial charge in [-0.05, 0) is 12.5 Å². The van der Waals surface area contributed by atoms with E-state index in [9.17, 15) is 4.79 Å². The van der Waals surface area contributed by atoms with Gasteiger partial charge in [-0.2, -0.15) is 0 Å². The molecule has 1 aromatic rings. The summed E-state index contributed by atoms with van der Waals surface area (Å²) in [6.07, 6.45) is 0. The molecule has 1 N–H and O–H groups in total. The van der Waals surface area contributed by atoms with E-state index in [0.717, 1.165) is 52.4 Å². The van der Waals surface area contributed by atoms with Crippen molar-refractivity contribution in [3.63, 3.8) is 0 Å². The zero-order valence-electron chi connectivity index (χ0n) is 14.1. The number of piperazine rings is 2. The fraction of sp³-hybridized carbons (Fsp3) is 0.611. The highest BCUT2D eigenvalue weighted by Crippen LogP contribution is 2.10. The van der Waals surface area contributed by atoms with Crippen LogP contribution in [0.1, 0.15) is 12.5 Å². The topological polar surface area (TPSA) is 38.8 Å². The molecule has 0 bridgehead atoms. The van der Waals surface area contributed by atoms with Gasteiger partial charge < -0.3 is 10.2 Å². The number of nitrogens with one attached hydrogen (secondary N) is 1. The Morgan fingerprint density at radius 1 is 1.13 bits per heavy atom. The van der Waals surface area contributed by atoms with Crippen LogP contribution in [0.4, 0.5) is 0 Å². The molecule has 2 aliphatic rings. The first-order valence-corrected chi connectivity index (χ1v) is 8.71. The van der Waals surface area contributed by atoms with Crippen LogP contribution < -0.4 is 5.32 Å². The summed E-state index contributed by atoms with van der Waals surface area (Å²) in [5.74, 6) is 0.290. The van der Waals surface area contributed by atoms with Crippen LogP contribution >= 0.6 is 0 Å². The lowest BCUT2D eigenvalue weighted by molar-refractivity contribution is -0.135. The average Bonchev–Trinajstić information content (AvgIpc) is 2.58. The molecular formula is C18H28N4O. The van der Waals surface area contributed by atoms with Gasteiger partial charge >= 0.3 is 0 Å². The van der Waals surface area contributed by atoms with Crippen molar-refractivity contribution in [2.24, 2.45) is 0 Å². The number of nitrogens with zero attached hydrogens (tertiary/aromatic N) is 3. The third-order valence-corrected chi connectivity index (χ3v) is 4.95. The molecule has 0 aromatic heterocycles. The molecule has 3 rings (SSSR count). The minimum atomic E-state index is 0.290.